The first-order chi connectivity index (χ1) is 40.7. The smallest absolute Gasteiger partial charge is 0.187 e. The number of aromatic nitrogens is 4. The van der Waals surface area contributed by atoms with Crippen molar-refractivity contribution in [3.63, 3.8) is 0 Å². The summed E-state index contributed by atoms with van der Waals surface area (Å²) in [5.74, 6) is 0. The topological polar surface area (TPSA) is 549 Å². The average Bonchev–Trinajstić information content (AvgIpc) is 4.30. The number of aliphatic hydroxyl groups is 19. The van der Waals surface area contributed by atoms with E-state index in [1.165, 1.54) is 46.6 Å². The van der Waals surface area contributed by atoms with Crippen molar-refractivity contribution in [1.82, 2.24) is 19.1 Å². The number of imidazole rings is 2. The molecule has 2 aromatic heterocycles. The number of ether oxygens (including phenoxy) is 14. The molecule has 0 unspecified atom stereocenters. The monoisotopic (exact) mass is 1230 g/mol. The van der Waals surface area contributed by atoms with E-state index < -0.39 is 248 Å². The van der Waals surface area contributed by atoms with Crippen LogP contribution in [0.1, 0.15) is 0 Å². The normalized spacial score (nSPS) is 51.3. The van der Waals surface area contributed by atoms with Gasteiger partial charge in [-0.05, 0) is 0 Å². The third kappa shape index (κ3) is 13.1. The van der Waals surface area contributed by atoms with E-state index in [-0.39, 0.29) is 13.1 Å². The lowest BCUT2D eigenvalue weighted by Crippen LogP contribution is -2.68. The molecule has 21 aliphatic heterocycles. The Kier molecular flexibility index (Phi) is 21.2. The Balaban J connectivity index is 0.961. The Bertz CT molecular complexity index is 2310. The fourth-order valence-electron chi connectivity index (χ4n) is 11.6. The Morgan fingerprint density at radius 2 is 0.424 bits per heavy atom. The largest absolute Gasteiger partial charge is 0.394 e. The van der Waals surface area contributed by atoms with Gasteiger partial charge in [0.05, 0.1) is 58.8 Å². The van der Waals surface area contributed by atoms with Gasteiger partial charge in [0.25, 0.3) is 0 Å². The van der Waals surface area contributed by atoms with E-state index in [9.17, 15) is 97.0 Å². The van der Waals surface area contributed by atoms with E-state index in [1.807, 2.05) is 0 Å². The van der Waals surface area contributed by atoms with Crippen LogP contribution in [0.15, 0.2) is 37.4 Å². The lowest BCUT2D eigenvalue weighted by atomic mass is 9.95. The lowest BCUT2D eigenvalue weighted by molar-refractivity contribution is -0.396. The standard InChI is InChI=1S/C48H74N4O33/c53-7-16-37-24(61)31(68)45(75-16)83-39-18(9-55)77-47(33(70)26(39)63)85-41-20(11-57)78-48(34(71)27(41)64)84-40-19(10-56)76-46(32(69)25(40)62)82-38-17(8-54)74-44(30(67)23(38)60)80-36-15(6-52-4-2-50-13-52)72-42(28(65)21(36)58)79-35-14(5-51-3-1-49-12-51)73-43(81-37)29(66)22(35)59/h1-4,12-48,53-71H,5-11H2/t14-,15+,16-,17+,18-,19+,20-,21-,22+,23-,24+,25-,26-,27-,28-,29+,30-,31+,32-,33+,34-,35-,36-,37-,38-,39-,40-,41-,42-,43-,44-,45-,46-,47-,48-/m1/s1. The van der Waals surface area contributed by atoms with E-state index in [1.54, 1.807) is 0 Å². The Morgan fingerprint density at radius 1 is 0.247 bits per heavy atom. The second-order valence-corrected chi connectivity index (χ2v) is 21.8. The fraction of sp³-hybridized carbons (Fsp3) is 0.875. The first-order valence-corrected chi connectivity index (χ1v) is 27.4. The van der Waals surface area contributed by atoms with E-state index in [2.05, 4.69) is 9.97 Å². The lowest BCUT2D eigenvalue weighted by Gasteiger charge is -2.50. The van der Waals surface area contributed by atoms with Crippen molar-refractivity contribution < 1.29 is 163 Å². The van der Waals surface area contributed by atoms with Crippen LogP contribution in [0.25, 0.3) is 0 Å². The highest BCUT2D eigenvalue weighted by Gasteiger charge is 2.59. The summed E-state index contributed by atoms with van der Waals surface area (Å²) in [6.45, 7) is -5.66. The van der Waals surface area contributed by atoms with Gasteiger partial charge in [-0.15, -0.1) is 0 Å². The SMILES string of the molecule is OC[C@@H]1O[C@@H]2O[C@H]3[C@H](O)[C@@H](O)[C@@H](O[C@H]4[C@@H](O)[C@H](O)[C@@H](O[C@H]5[C@@H](O)[C@H](O)[C@@H](O[C@H]6[C@H](O)[C@H](O)[C@@H](O[C@H]7[C@H](O)[C@@H](O)[C@@H](O[C@H]8[C@H](O)[C@@H](O)[C@@H](O[C@H]1[C@H](O)[C@H]2O)O[C@H]8CO)O[C@@H]7CO)O[C@@H]6CO)O[C@@H]5CO)O[C@@H]4Cn1ccnc1)O[C@H]3Cn1ccnc1. The van der Waals surface area contributed by atoms with Crippen molar-refractivity contribution in [2.75, 3.05) is 33.0 Å². The van der Waals surface area contributed by atoms with Gasteiger partial charge in [-0.2, -0.15) is 0 Å². The maximum atomic E-state index is 11.9. The minimum absolute atomic E-state index is 0.260. The number of nitrogens with zero attached hydrogens (tertiary/aromatic N) is 4. The molecule has 2 aromatic rings. The van der Waals surface area contributed by atoms with Gasteiger partial charge in [0.15, 0.2) is 44.0 Å². The average molecular weight is 1240 g/mol. The van der Waals surface area contributed by atoms with Crippen LogP contribution >= 0.6 is 0 Å². The van der Waals surface area contributed by atoms with E-state index >= 15 is 0 Å². The van der Waals surface area contributed by atoms with Crippen LogP contribution in [0.5, 0.6) is 0 Å². The number of hydrogen-bond acceptors (Lipinski definition) is 35. The van der Waals surface area contributed by atoms with Crippen molar-refractivity contribution in [1.29, 1.82) is 0 Å². The molecule has 484 valence electrons. The van der Waals surface area contributed by atoms with Crippen LogP contribution in [-0.4, -0.2) is 364 Å². The fourth-order valence-corrected chi connectivity index (χ4v) is 11.6. The zero-order chi connectivity index (χ0) is 60.9. The summed E-state index contributed by atoms with van der Waals surface area (Å²) >= 11 is 0. The van der Waals surface area contributed by atoms with Gasteiger partial charge in [-0.3, -0.25) is 0 Å². The molecule has 14 bridgehead atoms. The summed E-state index contributed by atoms with van der Waals surface area (Å²) in [6, 6.07) is 0. The highest BCUT2D eigenvalue weighted by Crippen LogP contribution is 2.39. The number of hydrogen-bond donors (Lipinski definition) is 19. The predicted octanol–water partition coefficient (Wildman–Crippen LogP) is -13.4. The molecule has 21 fully saturated rings. The molecule has 37 heteroatoms. The van der Waals surface area contributed by atoms with Gasteiger partial charge in [-0.1, -0.05) is 0 Å². The highest BCUT2D eigenvalue weighted by molar-refractivity contribution is 5.02. The highest BCUT2D eigenvalue weighted by atomic mass is 16.8. The molecule has 23 heterocycles. The van der Waals surface area contributed by atoms with Gasteiger partial charge in [-0.25, -0.2) is 9.97 Å². The second kappa shape index (κ2) is 27.7. The molecule has 37 nitrogen and oxygen atoms in total. The molecular formula is C48H74N4O33. The van der Waals surface area contributed by atoms with Crippen molar-refractivity contribution in [3.8, 4) is 0 Å². The van der Waals surface area contributed by atoms with Crippen molar-refractivity contribution in [2.45, 2.75) is 228 Å². The van der Waals surface area contributed by atoms with Gasteiger partial charge >= 0.3 is 0 Å². The summed E-state index contributed by atoms with van der Waals surface area (Å²) in [6.07, 6.45) is -59.9. The Morgan fingerprint density at radius 3 is 0.588 bits per heavy atom. The molecule has 0 aliphatic carbocycles. The number of rotatable bonds is 9. The van der Waals surface area contributed by atoms with Crippen LogP contribution in [0.4, 0.5) is 0 Å². The quantitative estimate of drug-likeness (QED) is 0.111. The zero-order valence-electron chi connectivity index (χ0n) is 44.6. The molecule has 19 N–H and O–H groups in total. The molecule has 0 amide bonds. The minimum atomic E-state index is -2.20. The maximum Gasteiger partial charge on any atom is 0.187 e. The molecule has 85 heavy (non-hydrogen) atoms. The first-order valence-electron chi connectivity index (χ1n) is 27.4. The molecular weight excluding hydrogens is 1160 g/mol. The second-order valence-electron chi connectivity index (χ2n) is 21.8. The van der Waals surface area contributed by atoms with Crippen LogP contribution in [0, 0.1) is 0 Å². The van der Waals surface area contributed by atoms with Gasteiger partial charge in [0.1, 0.15) is 171 Å². The summed E-state index contributed by atoms with van der Waals surface area (Å²) < 4.78 is 85.5. The van der Waals surface area contributed by atoms with Crippen LogP contribution in [0.3, 0.4) is 0 Å². The third-order valence-electron chi connectivity index (χ3n) is 16.3. The summed E-state index contributed by atoms with van der Waals surface area (Å²) in [5.41, 5.74) is 0. The molecule has 0 radical (unpaired) electrons. The van der Waals surface area contributed by atoms with Gasteiger partial charge in [0.2, 0.25) is 0 Å². The molecule has 21 saturated heterocycles. The predicted molar refractivity (Wildman–Crippen MR) is 259 cm³/mol. The summed E-state index contributed by atoms with van der Waals surface area (Å²) in [5, 5.41) is 214. The van der Waals surface area contributed by atoms with Gasteiger partial charge in [0, 0.05) is 24.8 Å². The molecule has 0 spiro atoms. The van der Waals surface area contributed by atoms with Crippen LogP contribution in [-0.2, 0) is 79.4 Å². The summed E-state index contributed by atoms with van der Waals surface area (Å²) in [4.78, 5) is 8.02. The zero-order valence-corrected chi connectivity index (χ0v) is 44.6. The van der Waals surface area contributed by atoms with Crippen molar-refractivity contribution in [2.24, 2.45) is 0 Å². The molecule has 0 aromatic carbocycles. The number of aliphatic hydroxyl groups excluding tert-OH is 19. The maximum absolute atomic E-state index is 11.9. The molecule has 23 rings (SSSR count). The first kappa shape index (κ1) is 65.1. The van der Waals surface area contributed by atoms with Crippen LogP contribution < -0.4 is 0 Å². The summed E-state index contributed by atoms with van der Waals surface area (Å²) in [7, 11) is 0. The molecule has 35 atom stereocenters. The van der Waals surface area contributed by atoms with Crippen molar-refractivity contribution >= 4 is 0 Å². The van der Waals surface area contributed by atoms with E-state index in [4.69, 9.17) is 66.3 Å². The van der Waals surface area contributed by atoms with E-state index in [0.717, 1.165) is 0 Å². The van der Waals surface area contributed by atoms with Gasteiger partial charge < -0.3 is 172 Å². The van der Waals surface area contributed by atoms with E-state index in [0.29, 0.717) is 0 Å². The van der Waals surface area contributed by atoms with Crippen molar-refractivity contribution in [3.05, 3.63) is 37.4 Å². The Labute approximate surface area is 480 Å². The molecule has 0 saturated carbocycles. The third-order valence-corrected chi connectivity index (χ3v) is 16.3. The minimum Gasteiger partial charge on any atom is -0.394 e. The Hall–Kier alpha value is -2.90. The molecule has 21 aliphatic rings. The van der Waals surface area contributed by atoms with Crippen LogP contribution in [0.2, 0.25) is 0 Å².